The zero-order valence-electron chi connectivity index (χ0n) is 16.8. The molecule has 0 saturated carbocycles. The molecule has 1 N–H and O–H groups in total. The summed E-state index contributed by atoms with van der Waals surface area (Å²) >= 11 is 0. The Kier molecular flexibility index (Phi) is 6.03. The summed E-state index contributed by atoms with van der Waals surface area (Å²) in [7, 11) is 0. The number of aryl methyl sites for hydroxylation is 1. The summed E-state index contributed by atoms with van der Waals surface area (Å²) in [5.74, 6) is 1.87. The van der Waals surface area contributed by atoms with Gasteiger partial charge in [0.1, 0.15) is 17.0 Å². The molecule has 0 fully saturated rings. The van der Waals surface area contributed by atoms with Crippen molar-refractivity contribution in [1.82, 2.24) is 15.3 Å². The summed E-state index contributed by atoms with van der Waals surface area (Å²) in [5, 5.41) is 3.96. The van der Waals surface area contributed by atoms with Gasteiger partial charge >= 0.3 is 0 Å². The topological polar surface area (TPSA) is 77.2 Å². The lowest BCUT2D eigenvalue weighted by Gasteiger charge is -2.09. The second-order valence-corrected chi connectivity index (χ2v) is 6.95. The normalized spacial score (nSPS) is 10.8. The van der Waals surface area contributed by atoms with Crippen LogP contribution in [0.15, 0.2) is 71.3 Å². The van der Waals surface area contributed by atoms with Crippen LogP contribution in [0.5, 0.6) is 5.75 Å². The van der Waals surface area contributed by atoms with Gasteiger partial charge in [-0.15, -0.1) is 0 Å². The summed E-state index contributed by atoms with van der Waals surface area (Å²) in [4.78, 5) is 21.1. The van der Waals surface area contributed by atoms with E-state index >= 15 is 0 Å². The number of benzene rings is 2. The van der Waals surface area contributed by atoms with Crippen molar-refractivity contribution >= 4 is 16.8 Å². The van der Waals surface area contributed by atoms with E-state index in [0.717, 1.165) is 22.2 Å². The summed E-state index contributed by atoms with van der Waals surface area (Å²) in [5.41, 5.74) is 2.40. The summed E-state index contributed by atoms with van der Waals surface area (Å²) < 4.78 is 11.6. The fourth-order valence-electron chi connectivity index (χ4n) is 3.19. The average molecular weight is 401 g/mol. The SMILES string of the molecule is Cc1oc(-c2ccccc2)nc1CC(=O)NCCCOc1cccc2cccnc12. The minimum absolute atomic E-state index is 0.0853. The molecule has 2 aromatic heterocycles. The molecule has 1 amide bonds. The first-order chi connectivity index (χ1) is 14.7. The van der Waals surface area contributed by atoms with Crippen LogP contribution in [0.4, 0.5) is 0 Å². The van der Waals surface area contributed by atoms with Gasteiger partial charge in [0.05, 0.1) is 18.7 Å². The van der Waals surface area contributed by atoms with Gasteiger partial charge in [-0.05, 0) is 37.6 Å². The van der Waals surface area contributed by atoms with Crippen molar-refractivity contribution in [3.05, 3.63) is 78.3 Å². The van der Waals surface area contributed by atoms with E-state index in [4.69, 9.17) is 9.15 Å². The maximum Gasteiger partial charge on any atom is 0.226 e. The Labute approximate surface area is 174 Å². The molecule has 0 aliphatic heterocycles. The summed E-state index contributed by atoms with van der Waals surface area (Å²) in [6.07, 6.45) is 2.64. The Morgan fingerprint density at radius 1 is 1.07 bits per heavy atom. The number of nitrogens with one attached hydrogen (secondary N) is 1. The van der Waals surface area contributed by atoms with Gasteiger partial charge in [0.2, 0.25) is 11.8 Å². The molecule has 0 radical (unpaired) electrons. The second kappa shape index (κ2) is 9.22. The number of pyridine rings is 1. The third kappa shape index (κ3) is 4.66. The molecule has 0 saturated heterocycles. The van der Waals surface area contributed by atoms with E-state index in [0.29, 0.717) is 36.9 Å². The average Bonchev–Trinajstić information content (AvgIpc) is 3.14. The molecule has 6 heteroatoms. The van der Waals surface area contributed by atoms with Crippen LogP contribution in [0.1, 0.15) is 17.9 Å². The van der Waals surface area contributed by atoms with Crippen LogP contribution in [0.3, 0.4) is 0 Å². The third-order valence-corrected chi connectivity index (χ3v) is 4.74. The van der Waals surface area contributed by atoms with Crippen molar-refractivity contribution in [3.8, 4) is 17.2 Å². The van der Waals surface area contributed by atoms with Gasteiger partial charge in [-0.1, -0.05) is 36.4 Å². The highest BCUT2D eigenvalue weighted by atomic mass is 16.5. The minimum Gasteiger partial charge on any atom is -0.491 e. The van der Waals surface area contributed by atoms with Crippen molar-refractivity contribution in [2.45, 2.75) is 19.8 Å². The van der Waals surface area contributed by atoms with E-state index in [2.05, 4.69) is 15.3 Å². The molecule has 0 bridgehead atoms. The van der Waals surface area contributed by atoms with Crippen molar-refractivity contribution in [2.75, 3.05) is 13.2 Å². The molecule has 0 spiro atoms. The van der Waals surface area contributed by atoms with E-state index in [1.165, 1.54) is 0 Å². The smallest absolute Gasteiger partial charge is 0.226 e. The zero-order valence-corrected chi connectivity index (χ0v) is 16.8. The number of aromatic nitrogens is 2. The maximum atomic E-state index is 12.3. The van der Waals surface area contributed by atoms with Gasteiger partial charge in [-0.2, -0.15) is 0 Å². The number of oxazole rings is 1. The molecule has 2 heterocycles. The molecule has 152 valence electrons. The van der Waals surface area contributed by atoms with E-state index in [9.17, 15) is 4.79 Å². The number of amides is 1. The second-order valence-electron chi connectivity index (χ2n) is 6.95. The van der Waals surface area contributed by atoms with Crippen LogP contribution >= 0.6 is 0 Å². The number of hydrogen-bond acceptors (Lipinski definition) is 5. The molecular formula is C24H23N3O3. The molecule has 4 aromatic rings. The van der Waals surface area contributed by atoms with Gasteiger partial charge in [0, 0.05) is 23.7 Å². The fourth-order valence-corrected chi connectivity index (χ4v) is 3.19. The van der Waals surface area contributed by atoms with Crippen molar-refractivity contribution < 1.29 is 13.9 Å². The van der Waals surface area contributed by atoms with Crippen molar-refractivity contribution in [1.29, 1.82) is 0 Å². The lowest BCUT2D eigenvalue weighted by atomic mass is 10.2. The molecule has 0 aliphatic rings. The van der Waals surface area contributed by atoms with Crippen LogP contribution in [-0.2, 0) is 11.2 Å². The number of hydrogen-bond donors (Lipinski definition) is 1. The van der Waals surface area contributed by atoms with E-state index in [-0.39, 0.29) is 12.3 Å². The summed E-state index contributed by atoms with van der Waals surface area (Å²) in [6.45, 7) is 2.85. The predicted octanol–water partition coefficient (Wildman–Crippen LogP) is 4.33. The lowest BCUT2D eigenvalue weighted by Crippen LogP contribution is -2.27. The molecule has 30 heavy (non-hydrogen) atoms. The van der Waals surface area contributed by atoms with Crippen LogP contribution < -0.4 is 10.1 Å². The minimum atomic E-state index is -0.0853. The quantitative estimate of drug-likeness (QED) is 0.445. The third-order valence-electron chi connectivity index (χ3n) is 4.74. The fraction of sp³-hybridized carbons (Fsp3) is 0.208. The molecule has 6 nitrogen and oxygen atoms in total. The molecule has 0 atom stereocenters. The highest BCUT2D eigenvalue weighted by Gasteiger charge is 2.14. The number of rotatable bonds is 8. The van der Waals surface area contributed by atoms with E-state index in [1.54, 1.807) is 6.20 Å². The number of carbonyl (C=O) groups is 1. The predicted molar refractivity (Wildman–Crippen MR) is 115 cm³/mol. The van der Waals surface area contributed by atoms with Crippen LogP contribution in [0.2, 0.25) is 0 Å². The highest BCUT2D eigenvalue weighted by molar-refractivity contribution is 5.84. The number of ether oxygens (including phenoxy) is 1. The van der Waals surface area contributed by atoms with Crippen molar-refractivity contribution in [3.63, 3.8) is 0 Å². The monoisotopic (exact) mass is 401 g/mol. The zero-order chi connectivity index (χ0) is 20.8. The molecule has 0 unspecified atom stereocenters. The number of nitrogens with zero attached hydrogens (tertiary/aromatic N) is 2. The Balaban J connectivity index is 1.24. The Morgan fingerprint density at radius 3 is 2.77 bits per heavy atom. The van der Waals surface area contributed by atoms with E-state index in [1.807, 2.05) is 67.6 Å². The largest absolute Gasteiger partial charge is 0.491 e. The van der Waals surface area contributed by atoms with Gasteiger partial charge in [0.25, 0.3) is 0 Å². The van der Waals surface area contributed by atoms with E-state index < -0.39 is 0 Å². The van der Waals surface area contributed by atoms with Crippen LogP contribution in [-0.4, -0.2) is 29.0 Å². The lowest BCUT2D eigenvalue weighted by molar-refractivity contribution is -0.120. The molecule has 2 aromatic carbocycles. The maximum absolute atomic E-state index is 12.3. The van der Waals surface area contributed by atoms with Gasteiger partial charge in [-0.3, -0.25) is 9.78 Å². The Hall–Kier alpha value is -3.67. The first-order valence-electron chi connectivity index (χ1n) is 9.95. The first kappa shape index (κ1) is 19.6. The van der Waals surface area contributed by atoms with Gasteiger partial charge in [0.15, 0.2) is 0 Å². The first-order valence-corrected chi connectivity index (χ1v) is 9.95. The van der Waals surface area contributed by atoms with Crippen LogP contribution in [0.25, 0.3) is 22.4 Å². The summed E-state index contributed by atoms with van der Waals surface area (Å²) in [6, 6.07) is 19.4. The van der Waals surface area contributed by atoms with Crippen LogP contribution in [0, 0.1) is 6.92 Å². The number of para-hydroxylation sites is 1. The number of carbonyl (C=O) groups excluding carboxylic acids is 1. The standard InChI is InChI=1S/C24H23N3O3/c1-17-20(27-24(30-17)19-8-3-2-4-9-19)16-22(28)25-14-7-15-29-21-12-5-10-18-11-6-13-26-23(18)21/h2-6,8-13H,7,14-16H2,1H3,(H,25,28). The molecular weight excluding hydrogens is 378 g/mol. The van der Waals surface area contributed by atoms with Gasteiger partial charge < -0.3 is 14.5 Å². The molecule has 4 rings (SSSR count). The Bertz CT molecular complexity index is 1130. The van der Waals surface area contributed by atoms with Crippen molar-refractivity contribution in [2.24, 2.45) is 0 Å². The van der Waals surface area contributed by atoms with Gasteiger partial charge in [-0.25, -0.2) is 4.98 Å². The molecule has 0 aliphatic carbocycles. The number of fused-ring (bicyclic) bond motifs is 1. The Morgan fingerprint density at radius 2 is 1.90 bits per heavy atom. The highest BCUT2D eigenvalue weighted by Crippen LogP contribution is 2.23.